The normalized spacial score (nSPS) is 16.8. The van der Waals surface area contributed by atoms with Crippen molar-refractivity contribution in [3.8, 4) is 0 Å². The SMILES string of the molecule is Cc1ccc(N2CCN(C(=O)Cn3nc4c(cc3=O)CCCC4)CC2)c(C)c1. The molecule has 1 fully saturated rings. The molecular formula is C22H28N4O2. The minimum absolute atomic E-state index is 0.0226. The van der Waals surface area contributed by atoms with E-state index in [4.69, 9.17) is 0 Å². The number of anilines is 1. The van der Waals surface area contributed by atoms with Crippen molar-refractivity contribution in [2.45, 2.75) is 46.1 Å². The second-order valence-corrected chi connectivity index (χ2v) is 7.98. The molecule has 2 aliphatic rings. The maximum absolute atomic E-state index is 12.8. The van der Waals surface area contributed by atoms with Crippen molar-refractivity contribution >= 4 is 11.6 Å². The van der Waals surface area contributed by atoms with Gasteiger partial charge in [-0.25, -0.2) is 4.68 Å². The Hall–Kier alpha value is -2.63. The number of carbonyl (C=O) groups excluding carboxylic acids is 1. The summed E-state index contributed by atoms with van der Waals surface area (Å²) in [7, 11) is 0. The van der Waals surface area contributed by atoms with E-state index in [1.165, 1.54) is 21.5 Å². The molecule has 1 aromatic heterocycles. The lowest BCUT2D eigenvalue weighted by molar-refractivity contribution is -0.132. The van der Waals surface area contributed by atoms with Gasteiger partial charge in [-0.3, -0.25) is 9.59 Å². The largest absolute Gasteiger partial charge is 0.368 e. The molecule has 28 heavy (non-hydrogen) atoms. The lowest BCUT2D eigenvalue weighted by Gasteiger charge is -2.37. The molecule has 4 rings (SSSR count). The molecule has 0 bridgehead atoms. The molecular weight excluding hydrogens is 352 g/mol. The van der Waals surface area contributed by atoms with Crippen molar-refractivity contribution < 1.29 is 4.79 Å². The van der Waals surface area contributed by atoms with Crippen LogP contribution in [0.5, 0.6) is 0 Å². The van der Waals surface area contributed by atoms with Crippen LogP contribution in [-0.4, -0.2) is 46.8 Å². The third kappa shape index (κ3) is 3.81. The zero-order valence-corrected chi connectivity index (χ0v) is 16.8. The second kappa shape index (κ2) is 7.78. The Labute approximate surface area is 165 Å². The van der Waals surface area contributed by atoms with E-state index in [9.17, 15) is 9.59 Å². The summed E-state index contributed by atoms with van der Waals surface area (Å²) in [6.07, 6.45) is 4.04. The van der Waals surface area contributed by atoms with Crippen molar-refractivity contribution in [3.63, 3.8) is 0 Å². The zero-order chi connectivity index (χ0) is 19.7. The molecule has 0 unspecified atom stereocenters. The fourth-order valence-electron chi connectivity index (χ4n) is 4.30. The predicted molar refractivity (Wildman–Crippen MR) is 110 cm³/mol. The van der Waals surface area contributed by atoms with Gasteiger partial charge in [0.1, 0.15) is 6.54 Å². The fourth-order valence-corrected chi connectivity index (χ4v) is 4.30. The molecule has 148 valence electrons. The molecule has 2 aromatic rings. The van der Waals surface area contributed by atoms with E-state index in [0.29, 0.717) is 13.1 Å². The number of hydrogen-bond donors (Lipinski definition) is 0. The van der Waals surface area contributed by atoms with Gasteiger partial charge in [0, 0.05) is 37.9 Å². The number of carbonyl (C=O) groups is 1. The zero-order valence-electron chi connectivity index (χ0n) is 16.8. The monoisotopic (exact) mass is 380 g/mol. The van der Waals surface area contributed by atoms with Gasteiger partial charge < -0.3 is 9.80 Å². The van der Waals surface area contributed by atoms with Crippen LogP contribution in [0.4, 0.5) is 5.69 Å². The number of nitrogens with zero attached hydrogens (tertiary/aromatic N) is 4. The Morgan fingerprint density at radius 2 is 1.79 bits per heavy atom. The third-order valence-electron chi connectivity index (χ3n) is 5.88. The number of amides is 1. The number of rotatable bonds is 3. The summed E-state index contributed by atoms with van der Waals surface area (Å²) in [5.74, 6) is -0.0226. The van der Waals surface area contributed by atoms with Gasteiger partial charge in [-0.15, -0.1) is 0 Å². The second-order valence-electron chi connectivity index (χ2n) is 7.98. The minimum atomic E-state index is -0.164. The van der Waals surface area contributed by atoms with Crippen molar-refractivity contribution in [3.05, 3.63) is 57.0 Å². The highest BCUT2D eigenvalue weighted by Crippen LogP contribution is 2.22. The van der Waals surface area contributed by atoms with Crippen LogP contribution in [0.2, 0.25) is 0 Å². The average molecular weight is 380 g/mol. The van der Waals surface area contributed by atoms with Gasteiger partial charge in [0.15, 0.2) is 0 Å². The first kappa shape index (κ1) is 18.7. The Kier molecular flexibility index (Phi) is 5.20. The molecule has 1 aromatic carbocycles. The van der Waals surface area contributed by atoms with Crippen LogP contribution in [0, 0.1) is 13.8 Å². The number of aryl methyl sites for hydroxylation is 4. The lowest BCUT2D eigenvalue weighted by atomic mass is 9.97. The van der Waals surface area contributed by atoms with Gasteiger partial charge in [-0.2, -0.15) is 5.10 Å². The first-order valence-corrected chi connectivity index (χ1v) is 10.2. The molecule has 0 atom stereocenters. The number of piperazine rings is 1. The molecule has 1 saturated heterocycles. The van der Waals surface area contributed by atoms with Crippen LogP contribution >= 0.6 is 0 Å². The maximum Gasteiger partial charge on any atom is 0.267 e. The summed E-state index contributed by atoms with van der Waals surface area (Å²) in [5, 5.41) is 4.48. The predicted octanol–water partition coefficient (Wildman–Crippen LogP) is 2.09. The van der Waals surface area contributed by atoms with Gasteiger partial charge in [0.2, 0.25) is 5.91 Å². The summed E-state index contributed by atoms with van der Waals surface area (Å²) in [5.41, 5.74) is 5.65. The Balaban J connectivity index is 1.40. The topological polar surface area (TPSA) is 58.4 Å². The standard InChI is InChI=1S/C22H28N4O2/c1-16-7-8-20(17(2)13-16)24-9-11-25(12-10-24)22(28)15-26-21(27)14-18-5-3-4-6-19(18)23-26/h7-8,13-14H,3-6,9-12,15H2,1-2H3. The summed E-state index contributed by atoms with van der Waals surface area (Å²) in [6, 6.07) is 8.17. The van der Waals surface area contributed by atoms with Gasteiger partial charge in [-0.1, -0.05) is 17.7 Å². The van der Waals surface area contributed by atoms with E-state index >= 15 is 0 Å². The van der Waals surface area contributed by atoms with Crippen molar-refractivity contribution in [1.29, 1.82) is 0 Å². The van der Waals surface area contributed by atoms with Crippen molar-refractivity contribution in [2.75, 3.05) is 31.1 Å². The third-order valence-corrected chi connectivity index (χ3v) is 5.88. The van der Waals surface area contributed by atoms with Crippen molar-refractivity contribution in [2.24, 2.45) is 0 Å². The molecule has 1 amide bonds. The average Bonchev–Trinajstić information content (AvgIpc) is 2.69. The summed E-state index contributed by atoms with van der Waals surface area (Å²) >= 11 is 0. The fraction of sp³-hybridized carbons (Fsp3) is 0.500. The van der Waals surface area contributed by atoms with E-state index in [0.717, 1.165) is 50.0 Å². The van der Waals surface area contributed by atoms with Crippen LogP contribution in [-0.2, 0) is 24.2 Å². The Morgan fingerprint density at radius 3 is 2.54 bits per heavy atom. The number of fused-ring (bicyclic) bond motifs is 1. The highest BCUT2D eigenvalue weighted by Gasteiger charge is 2.23. The van der Waals surface area contributed by atoms with Crippen molar-refractivity contribution in [1.82, 2.24) is 14.7 Å². The molecule has 0 saturated carbocycles. The summed E-state index contributed by atoms with van der Waals surface area (Å²) < 4.78 is 1.35. The number of hydrogen-bond acceptors (Lipinski definition) is 4. The maximum atomic E-state index is 12.8. The first-order chi connectivity index (χ1) is 13.5. The minimum Gasteiger partial charge on any atom is -0.368 e. The van der Waals surface area contributed by atoms with Gasteiger partial charge >= 0.3 is 0 Å². The van der Waals surface area contributed by atoms with Gasteiger partial charge in [-0.05, 0) is 56.7 Å². The van der Waals surface area contributed by atoms with Gasteiger partial charge in [0.25, 0.3) is 5.56 Å². The smallest absolute Gasteiger partial charge is 0.267 e. The highest BCUT2D eigenvalue weighted by atomic mass is 16.2. The van der Waals surface area contributed by atoms with E-state index in [1.807, 2.05) is 4.90 Å². The van der Waals surface area contributed by atoms with Crippen LogP contribution in [0.1, 0.15) is 35.2 Å². The summed E-state index contributed by atoms with van der Waals surface area (Å²) in [6.45, 7) is 7.23. The molecule has 2 heterocycles. The van der Waals surface area contributed by atoms with Crippen LogP contribution in [0.15, 0.2) is 29.1 Å². The van der Waals surface area contributed by atoms with Gasteiger partial charge in [0.05, 0.1) is 5.69 Å². The molecule has 0 spiro atoms. The number of aromatic nitrogens is 2. The van der Waals surface area contributed by atoms with E-state index in [2.05, 4.69) is 42.0 Å². The van der Waals surface area contributed by atoms with Crippen LogP contribution < -0.4 is 10.5 Å². The molecule has 1 aliphatic heterocycles. The molecule has 6 nitrogen and oxygen atoms in total. The highest BCUT2D eigenvalue weighted by molar-refractivity contribution is 5.76. The van der Waals surface area contributed by atoms with E-state index in [-0.39, 0.29) is 18.0 Å². The van der Waals surface area contributed by atoms with Crippen LogP contribution in [0.3, 0.4) is 0 Å². The molecule has 1 aliphatic carbocycles. The molecule has 0 radical (unpaired) electrons. The molecule has 6 heteroatoms. The lowest BCUT2D eigenvalue weighted by Crippen LogP contribution is -2.50. The summed E-state index contributed by atoms with van der Waals surface area (Å²) in [4.78, 5) is 29.3. The Morgan fingerprint density at radius 1 is 1.04 bits per heavy atom. The first-order valence-electron chi connectivity index (χ1n) is 10.2. The quantitative estimate of drug-likeness (QED) is 0.818. The number of benzene rings is 1. The molecule has 0 N–H and O–H groups in total. The Bertz CT molecular complexity index is 942. The van der Waals surface area contributed by atoms with E-state index in [1.54, 1.807) is 6.07 Å². The van der Waals surface area contributed by atoms with Crippen LogP contribution in [0.25, 0.3) is 0 Å². The van der Waals surface area contributed by atoms with E-state index < -0.39 is 0 Å².